The van der Waals surface area contributed by atoms with Crippen LogP contribution in [0.3, 0.4) is 0 Å². The van der Waals surface area contributed by atoms with Crippen molar-refractivity contribution in [1.29, 1.82) is 0 Å². The number of rotatable bonds is 15. The molecule has 4 saturated heterocycles. The van der Waals surface area contributed by atoms with Gasteiger partial charge in [-0.15, -0.1) is 0 Å². The first-order valence-electron chi connectivity index (χ1n) is 9.06. The number of epoxide rings is 4. The fourth-order valence-electron chi connectivity index (χ4n) is 2.52. The van der Waals surface area contributed by atoms with E-state index in [1.54, 1.807) is 0 Å². The van der Waals surface area contributed by atoms with Crippen LogP contribution in [0.1, 0.15) is 6.92 Å². The molecular weight excluding hydrogens is 332 g/mol. The van der Waals surface area contributed by atoms with Gasteiger partial charge in [-0.25, -0.2) is 0 Å². The van der Waals surface area contributed by atoms with Crippen molar-refractivity contribution >= 4 is 0 Å². The van der Waals surface area contributed by atoms with Crippen LogP contribution in [-0.2, 0) is 37.9 Å². The van der Waals surface area contributed by atoms with Gasteiger partial charge in [-0.05, 0) is 0 Å². The summed E-state index contributed by atoms with van der Waals surface area (Å²) in [6.07, 6.45) is 0.361. The van der Waals surface area contributed by atoms with Gasteiger partial charge in [0.05, 0.1) is 71.5 Å². The van der Waals surface area contributed by atoms with Gasteiger partial charge in [0, 0.05) is 0 Å². The maximum atomic E-state index is 6.03. The van der Waals surface area contributed by atoms with E-state index in [2.05, 4.69) is 6.92 Å². The maximum Gasteiger partial charge on any atom is 0.167 e. The van der Waals surface area contributed by atoms with Gasteiger partial charge in [0.2, 0.25) is 0 Å². The monoisotopic (exact) mass is 360 g/mol. The molecule has 4 atom stereocenters. The molecule has 0 aromatic heterocycles. The Morgan fingerprint density at radius 3 is 1.44 bits per heavy atom. The van der Waals surface area contributed by atoms with Crippen molar-refractivity contribution in [2.75, 3.05) is 66.1 Å². The summed E-state index contributed by atoms with van der Waals surface area (Å²) in [5, 5.41) is 0. The fraction of sp³-hybridized carbons (Fsp3) is 1.00. The molecule has 4 aliphatic heterocycles. The van der Waals surface area contributed by atoms with E-state index in [1.165, 1.54) is 0 Å². The zero-order chi connectivity index (χ0) is 17.1. The standard InChI is InChI=1S/C17H28O8/c1-17(10-18-2-12-4-20-12,11-19-3-13-5-21-13)16(24-8-14-6-22-14)25-9-15-7-23-15/h12-16H,2-11H2,1H3. The summed E-state index contributed by atoms with van der Waals surface area (Å²) in [5.41, 5.74) is -0.437. The summed E-state index contributed by atoms with van der Waals surface area (Å²) >= 11 is 0. The van der Waals surface area contributed by atoms with E-state index >= 15 is 0 Å². The molecule has 4 unspecified atom stereocenters. The van der Waals surface area contributed by atoms with Crippen molar-refractivity contribution < 1.29 is 37.9 Å². The Morgan fingerprint density at radius 2 is 1.08 bits per heavy atom. The van der Waals surface area contributed by atoms with Crippen molar-refractivity contribution in [3.05, 3.63) is 0 Å². The SMILES string of the molecule is CC(COCC1CO1)(COCC1CO1)C(OCC1CO1)OCC1CO1. The normalized spacial score (nSPS) is 35.9. The predicted octanol–water partition coefficient (Wildman–Crippen LogP) is -0.0196. The molecule has 8 nitrogen and oxygen atoms in total. The third-order valence-corrected chi connectivity index (χ3v) is 4.52. The second-order valence-corrected chi connectivity index (χ2v) is 7.50. The molecule has 144 valence electrons. The largest absolute Gasteiger partial charge is 0.378 e. The summed E-state index contributed by atoms with van der Waals surface area (Å²) < 4.78 is 44.7. The lowest BCUT2D eigenvalue weighted by Crippen LogP contribution is -2.45. The van der Waals surface area contributed by atoms with Crippen LogP contribution in [0, 0.1) is 5.41 Å². The highest BCUT2D eigenvalue weighted by Crippen LogP contribution is 2.30. The third kappa shape index (κ3) is 6.41. The van der Waals surface area contributed by atoms with Crippen molar-refractivity contribution in [3.8, 4) is 0 Å². The molecule has 0 amide bonds. The molecule has 0 radical (unpaired) electrons. The average Bonchev–Trinajstić information content (AvgIpc) is 3.44. The van der Waals surface area contributed by atoms with E-state index < -0.39 is 11.7 Å². The molecule has 4 aliphatic rings. The van der Waals surface area contributed by atoms with Gasteiger partial charge in [0.25, 0.3) is 0 Å². The first-order valence-corrected chi connectivity index (χ1v) is 9.06. The van der Waals surface area contributed by atoms with Crippen LogP contribution < -0.4 is 0 Å². The highest BCUT2D eigenvalue weighted by molar-refractivity contribution is 4.82. The number of ether oxygens (including phenoxy) is 8. The first-order chi connectivity index (χ1) is 12.2. The molecule has 4 heterocycles. The van der Waals surface area contributed by atoms with Crippen molar-refractivity contribution in [3.63, 3.8) is 0 Å². The first kappa shape index (κ1) is 18.1. The van der Waals surface area contributed by atoms with Crippen LogP contribution in [0.25, 0.3) is 0 Å². The van der Waals surface area contributed by atoms with Gasteiger partial charge in [-0.2, -0.15) is 0 Å². The molecule has 0 N–H and O–H groups in total. The fourth-order valence-corrected chi connectivity index (χ4v) is 2.52. The molecule has 4 rings (SSSR count). The molecule has 0 aromatic carbocycles. The lowest BCUT2D eigenvalue weighted by Gasteiger charge is -2.36. The molecular formula is C17H28O8. The van der Waals surface area contributed by atoms with Gasteiger partial charge in [-0.1, -0.05) is 6.92 Å². The predicted molar refractivity (Wildman–Crippen MR) is 84.4 cm³/mol. The van der Waals surface area contributed by atoms with Crippen LogP contribution >= 0.6 is 0 Å². The van der Waals surface area contributed by atoms with Gasteiger partial charge < -0.3 is 37.9 Å². The van der Waals surface area contributed by atoms with Crippen LogP contribution in [0.4, 0.5) is 0 Å². The lowest BCUT2D eigenvalue weighted by atomic mass is 9.91. The minimum Gasteiger partial charge on any atom is -0.378 e. The van der Waals surface area contributed by atoms with Gasteiger partial charge >= 0.3 is 0 Å². The molecule has 8 heteroatoms. The van der Waals surface area contributed by atoms with E-state index in [0.717, 1.165) is 26.4 Å². The Labute approximate surface area is 147 Å². The van der Waals surface area contributed by atoms with Gasteiger partial charge in [-0.3, -0.25) is 0 Å². The highest BCUT2D eigenvalue weighted by atomic mass is 16.7. The Kier molecular flexibility index (Phi) is 5.88. The molecule has 0 bridgehead atoms. The Morgan fingerprint density at radius 1 is 0.720 bits per heavy atom. The second-order valence-electron chi connectivity index (χ2n) is 7.50. The van der Waals surface area contributed by atoms with Crippen LogP contribution in [0.2, 0.25) is 0 Å². The van der Waals surface area contributed by atoms with Crippen molar-refractivity contribution in [1.82, 2.24) is 0 Å². The summed E-state index contributed by atoms with van der Waals surface area (Å²) in [7, 11) is 0. The molecule has 25 heavy (non-hydrogen) atoms. The Hall–Kier alpha value is -0.320. The molecule has 0 saturated carbocycles. The van der Waals surface area contributed by atoms with Crippen LogP contribution in [0.5, 0.6) is 0 Å². The van der Waals surface area contributed by atoms with Crippen LogP contribution in [0.15, 0.2) is 0 Å². The van der Waals surface area contributed by atoms with Crippen molar-refractivity contribution in [2.24, 2.45) is 5.41 Å². The summed E-state index contributed by atoms with van der Waals surface area (Å²) in [4.78, 5) is 0. The topological polar surface area (TPSA) is 87.0 Å². The number of hydrogen-bond acceptors (Lipinski definition) is 8. The van der Waals surface area contributed by atoms with Gasteiger partial charge in [0.1, 0.15) is 24.4 Å². The zero-order valence-electron chi connectivity index (χ0n) is 14.7. The molecule has 0 aromatic rings. The molecule has 0 spiro atoms. The van der Waals surface area contributed by atoms with E-state index in [0.29, 0.717) is 39.6 Å². The van der Waals surface area contributed by atoms with Gasteiger partial charge in [0.15, 0.2) is 6.29 Å². The second kappa shape index (κ2) is 8.14. The highest BCUT2D eigenvalue weighted by Gasteiger charge is 2.41. The Bertz CT molecular complexity index is 383. The van der Waals surface area contributed by atoms with E-state index in [9.17, 15) is 0 Å². The average molecular weight is 360 g/mol. The number of hydrogen-bond donors (Lipinski definition) is 0. The smallest absolute Gasteiger partial charge is 0.167 e. The third-order valence-electron chi connectivity index (χ3n) is 4.52. The minimum absolute atomic E-state index is 0.175. The minimum atomic E-state index is -0.443. The van der Waals surface area contributed by atoms with Crippen LogP contribution in [-0.4, -0.2) is 96.8 Å². The maximum absolute atomic E-state index is 6.03. The molecule has 0 aliphatic carbocycles. The Balaban J connectivity index is 1.31. The quantitative estimate of drug-likeness (QED) is 0.297. The van der Waals surface area contributed by atoms with E-state index in [4.69, 9.17) is 37.9 Å². The molecule has 4 fully saturated rings. The van der Waals surface area contributed by atoms with E-state index in [1.807, 2.05) is 0 Å². The summed E-state index contributed by atoms with van der Waals surface area (Å²) in [5.74, 6) is 0. The zero-order valence-corrected chi connectivity index (χ0v) is 14.7. The van der Waals surface area contributed by atoms with E-state index in [-0.39, 0.29) is 24.4 Å². The van der Waals surface area contributed by atoms with Crippen molar-refractivity contribution in [2.45, 2.75) is 37.6 Å². The lowest BCUT2D eigenvalue weighted by molar-refractivity contribution is -0.233. The summed E-state index contributed by atoms with van der Waals surface area (Å²) in [6.45, 7) is 8.28. The summed E-state index contributed by atoms with van der Waals surface area (Å²) in [6, 6.07) is 0.